The number of carbonyl (C=O) groups is 1. The van der Waals surface area contributed by atoms with Gasteiger partial charge in [-0.05, 0) is 38.0 Å². The average molecular weight is 368 g/mol. The molecule has 1 heterocycles. The topological polar surface area (TPSA) is 68.2 Å². The van der Waals surface area contributed by atoms with Crippen LogP contribution in [-0.4, -0.2) is 34.6 Å². The van der Waals surface area contributed by atoms with E-state index in [1.807, 2.05) is 6.92 Å². The van der Waals surface area contributed by atoms with Gasteiger partial charge in [0.05, 0.1) is 23.6 Å². The van der Waals surface area contributed by atoms with Crippen LogP contribution in [-0.2, 0) is 10.9 Å². The lowest BCUT2D eigenvalue weighted by Gasteiger charge is -2.35. The van der Waals surface area contributed by atoms with E-state index in [-0.39, 0.29) is 18.2 Å². The van der Waals surface area contributed by atoms with Gasteiger partial charge in [-0.25, -0.2) is 9.48 Å². The van der Waals surface area contributed by atoms with Crippen LogP contribution < -0.4 is 10.6 Å². The van der Waals surface area contributed by atoms with Crippen molar-refractivity contribution >= 4 is 11.7 Å². The van der Waals surface area contributed by atoms with Crippen LogP contribution in [0.3, 0.4) is 0 Å². The molecule has 0 bridgehead atoms. The Balaban J connectivity index is 1.59. The second-order valence-corrected chi connectivity index (χ2v) is 6.07. The fraction of sp³-hybridized carbons (Fsp3) is 0.412. The van der Waals surface area contributed by atoms with Crippen molar-refractivity contribution in [2.75, 3.05) is 11.9 Å². The van der Waals surface area contributed by atoms with Gasteiger partial charge in [-0.15, -0.1) is 0 Å². The van der Waals surface area contributed by atoms with Crippen LogP contribution in [0.2, 0.25) is 0 Å². The molecule has 1 aromatic carbocycles. The van der Waals surface area contributed by atoms with Crippen LogP contribution >= 0.6 is 0 Å². The molecule has 140 valence electrons. The molecule has 9 heteroatoms. The Morgan fingerprint density at radius 2 is 2.15 bits per heavy atom. The average Bonchev–Trinajstić information content (AvgIpc) is 3.03. The zero-order valence-corrected chi connectivity index (χ0v) is 14.1. The van der Waals surface area contributed by atoms with E-state index in [0.29, 0.717) is 18.0 Å². The predicted octanol–water partition coefficient (Wildman–Crippen LogP) is 3.58. The van der Waals surface area contributed by atoms with Crippen molar-refractivity contribution in [3.8, 4) is 5.69 Å². The van der Waals surface area contributed by atoms with Crippen LogP contribution in [0.25, 0.3) is 5.69 Å². The number of amides is 2. The molecule has 1 aliphatic rings. The van der Waals surface area contributed by atoms with Crippen molar-refractivity contribution in [1.82, 2.24) is 15.1 Å². The third-order valence-corrected chi connectivity index (χ3v) is 4.11. The summed E-state index contributed by atoms with van der Waals surface area (Å²) in [6, 6.07) is 6.15. The molecule has 26 heavy (non-hydrogen) atoms. The maximum Gasteiger partial charge on any atom is 0.419 e. The Morgan fingerprint density at radius 1 is 1.38 bits per heavy atom. The molecule has 0 spiro atoms. The Morgan fingerprint density at radius 3 is 2.81 bits per heavy atom. The van der Waals surface area contributed by atoms with Crippen molar-refractivity contribution < 1.29 is 22.7 Å². The van der Waals surface area contributed by atoms with Gasteiger partial charge in [-0.3, -0.25) is 0 Å². The molecule has 1 aromatic heterocycles. The number of anilines is 1. The smallest absolute Gasteiger partial charge is 0.378 e. The van der Waals surface area contributed by atoms with Crippen molar-refractivity contribution in [1.29, 1.82) is 0 Å². The number of halogens is 3. The summed E-state index contributed by atoms with van der Waals surface area (Å²) in [4.78, 5) is 12.0. The molecule has 2 N–H and O–H groups in total. The van der Waals surface area contributed by atoms with E-state index in [1.54, 1.807) is 24.3 Å². The summed E-state index contributed by atoms with van der Waals surface area (Å²) >= 11 is 0. The minimum Gasteiger partial charge on any atom is -0.378 e. The molecule has 2 aromatic rings. The van der Waals surface area contributed by atoms with E-state index in [2.05, 4.69) is 15.7 Å². The first-order valence-corrected chi connectivity index (χ1v) is 8.26. The summed E-state index contributed by atoms with van der Waals surface area (Å²) in [6.45, 7) is 2.58. The number of carbonyl (C=O) groups excluding carboxylic acids is 1. The summed E-state index contributed by atoms with van der Waals surface area (Å²) in [5, 5.41) is 9.24. The molecule has 3 rings (SSSR count). The van der Waals surface area contributed by atoms with Gasteiger partial charge in [0.2, 0.25) is 0 Å². The van der Waals surface area contributed by atoms with Crippen LogP contribution in [0.5, 0.6) is 0 Å². The van der Waals surface area contributed by atoms with Crippen LogP contribution in [0, 0.1) is 0 Å². The van der Waals surface area contributed by atoms with Crippen LogP contribution in [0.15, 0.2) is 36.7 Å². The first-order valence-electron chi connectivity index (χ1n) is 8.26. The number of nitrogens with one attached hydrogen (secondary N) is 2. The van der Waals surface area contributed by atoms with Gasteiger partial charge in [-0.2, -0.15) is 18.3 Å². The molecule has 0 atom stereocenters. The molecule has 2 amide bonds. The second kappa shape index (κ2) is 7.36. The molecule has 0 radical (unpaired) electrons. The van der Waals surface area contributed by atoms with Gasteiger partial charge < -0.3 is 15.4 Å². The third kappa shape index (κ3) is 4.34. The fourth-order valence-corrected chi connectivity index (χ4v) is 2.74. The monoisotopic (exact) mass is 368 g/mol. The van der Waals surface area contributed by atoms with Gasteiger partial charge in [0.15, 0.2) is 0 Å². The fourth-order valence-electron chi connectivity index (χ4n) is 2.74. The standard InChI is InChI=1S/C17H19F3N4O2/c1-2-26-15-7-13(8-15)23-16(25)22-12-4-3-5-14(6-12)24-10-11(9-21-24)17(18,19)20/h3-6,9-10,13,15H,2,7-8H2,1H3,(H2,22,23,25). The van der Waals surface area contributed by atoms with Gasteiger partial charge in [0.25, 0.3) is 0 Å². The lowest BCUT2D eigenvalue weighted by atomic mass is 9.89. The van der Waals surface area contributed by atoms with Crippen LogP contribution in [0.4, 0.5) is 23.7 Å². The number of aromatic nitrogens is 2. The van der Waals surface area contributed by atoms with E-state index in [1.165, 1.54) is 0 Å². The Labute approximate surface area is 148 Å². The minimum absolute atomic E-state index is 0.0650. The first-order chi connectivity index (χ1) is 12.3. The molecule has 0 aliphatic heterocycles. The number of rotatable bonds is 5. The van der Waals surface area contributed by atoms with E-state index >= 15 is 0 Å². The van der Waals surface area contributed by atoms with Crippen LogP contribution in [0.1, 0.15) is 25.3 Å². The molecule has 6 nitrogen and oxygen atoms in total. The predicted molar refractivity (Wildman–Crippen MR) is 89.2 cm³/mol. The van der Waals surface area contributed by atoms with E-state index < -0.39 is 11.7 Å². The SMILES string of the molecule is CCOC1CC(NC(=O)Nc2cccc(-n3cc(C(F)(F)F)cn3)c2)C1. The minimum atomic E-state index is -4.45. The Kier molecular flexibility index (Phi) is 5.17. The Hall–Kier alpha value is -2.55. The number of hydrogen-bond donors (Lipinski definition) is 2. The van der Waals surface area contributed by atoms with E-state index in [0.717, 1.165) is 29.9 Å². The number of hydrogen-bond acceptors (Lipinski definition) is 3. The van der Waals surface area contributed by atoms with Crippen molar-refractivity contribution in [2.45, 2.75) is 38.1 Å². The maximum absolute atomic E-state index is 12.7. The normalized spacial score (nSPS) is 19.7. The van der Waals surface area contributed by atoms with Crippen molar-refractivity contribution in [3.05, 3.63) is 42.2 Å². The Bertz CT molecular complexity index is 769. The van der Waals surface area contributed by atoms with Gasteiger partial charge >= 0.3 is 12.2 Å². The lowest BCUT2D eigenvalue weighted by Crippen LogP contribution is -2.49. The highest BCUT2D eigenvalue weighted by Gasteiger charge is 2.32. The van der Waals surface area contributed by atoms with Gasteiger partial charge in [0.1, 0.15) is 0 Å². The summed E-state index contributed by atoms with van der Waals surface area (Å²) < 4.78 is 44.6. The summed E-state index contributed by atoms with van der Waals surface area (Å²) in [6.07, 6.45) is -1.05. The molecular formula is C17H19F3N4O2. The zero-order chi connectivity index (χ0) is 18.7. The summed E-state index contributed by atoms with van der Waals surface area (Å²) in [7, 11) is 0. The number of alkyl halides is 3. The quantitative estimate of drug-likeness (QED) is 0.848. The van der Waals surface area contributed by atoms with E-state index in [4.69, 9.17) is 4.74 Å². The lowest BCUT2D eigenvalue weighted by molar-refractivity contribution is -0.137. The summed E-state index contributed by atoms with van der Waals surface area (Å²) in [5.74, 6) is 0. The highest BCUT2D eigenvalue weighted by Crippen LogP contribution is 2.29. The van der Waals surface area contributed by atoms with Gasteiger partial charge in [0, 0.05) is 24.5 Å². The number of urea groups is 1. The molecule has 0 unspecified atom stereocenters. The number of ether oxygens (including phenoxy) is 1. The van der Waals surface area contributed by atoms with Gasteiger partial charge in [-0.1, -0.05) is 6.07 Å². The van der Waals surface area contributed by atoms with Crippen molar-refractivity contribution in [3.63, 3.8) is 0 Å². The highest BCUT2D eigenvalue weighted by molar-refractivity contribution is 5.89. The van der Waals surface area contributed by atoms with Crippen molar-refractivity contribution in [2.24, 2.45) is 0 Å². The molecule has 0 saturated heterocycles. The largest absolute Gasteiger partial charge is 0.419 e. The summed E-state index contributed by atoms with van der Waals surface area (Å²) in [5.41, 5.74) is 0.0468. The third-order valence-electron chi connectivity index (χ3n) is 4.11. The second-order valence-electron chi connectivity index (χ2n) is 6.07. The highest BCUT2D eigenvalue weighted by atomic mass is 19.4. The number of nitrogens with zero attached hydrogens (tertiary/aromatic N) is 2. The molecule has 1 fully saturated rings. The zero-order valence-electron chi connectivity index (χ0n) is 14.1. The molecule has 1 aliphatic carbocycles. The first kappa shape index (κ1) is 18.2. The molecule has 1 saturated carbocycles. The molecular weight excluding hydrogens is 349 g/mol. The maximum atomic E-state index is 12.7. The number of benzene rings is 1. The van der Waals surface area contributed by atoms with E-state index in [9.17, 15) is 18.0 Å².